The summed E-state index contributed by atoms with van der Waals surface area (Å²) < 4.78 is 19.8. The first-order valence-corrected chi connectivity index (χ1v) is 10.8. The molecule has 0 unspecified atom stereocenters. The summed E-state index contributed by atoms with van der Waals surface area (Å²) in [6.45, 7) is 2.96. The molecule has 1 N–H and O–H groups in total. The largest absolute Gasteiger partial charge is 0.494 e. The van der Waals surface area contributed by atoms with Gasteiger partial charge >= 0.3 is 0 Å². The fourth-order valence-corrected chi connectivity index (χ4v) is 3.44. The number of benzene rings is 2. The van der Waals surface area contributed by atoms with E-state index in [2.05, 4.69) is 15.4 Å². The number of nitrogens with one attached hydrogen (secondary N) is 1. The van der Waals surface area contributed by atoms with E-state index in [0.29, 0.717) is 37.1 Å². The number of aryl methyl sites for hydroxylation is 1. The zero-order valence-corrected chi connectivity index (χ0v) is 19.4. The first-order chi connectivity index (χ1) is 16.6. The van der Waals surface area contributed by atoms with E-state index >= 15 is 0 Å². The van der Waals surface area contributed by atoms with Crippen molar-refractivity contribution in [3.63, 3.8) is 0 Å². The number of nitrogens with zero attached hydrogens (tertiary/aromatic N) is 4. The van der Waals surface area contributed by atoms with Crippen molar-refractivity contribution >= 4 is 11.4 Å². The van der Waals surface area contributed by atoms with Crippen LogP contribution in [0.2, 0.25) is 0 Å². The van der Waals surface area contributed by atoms with Crippen LogP contribution in [0.3, 0.4) is 0 Å². The Labute approximate surface area is 197 Å². The normalized spacial score (nSPS) is 10.8. The molecule has 0 aliphatic carbocycles. The van der Waals surface area contributed by atoms with E-state index in [-0.39, 0.29) is 5.56 Å². The average Bonchev–Trinajstić information content (AvgIpc) is 3.28. The number of hydrogen-bond donors (Lipinski definition) is 1. The van der Waals surface area contributed by atoms with Gasteiger partial charge in [-0.25, -0.2) is 9.67 Å². The number of rotatable bonds is 10. The van der Waals surface area contributed by atoms with Crippen molar-refractivity contribution in [1.82, 2.24) is 19.3 Å². The van der Waals surface area contributed by atoms with Gasteiger partial charge in [-0.2, -0.15) is 0 Å². The second kappa shape index (κ2) is 10.7. The lowest BCUT2D eigenvalue weighted by Crippen LogP contribution is -2.24. The summed E-state index contributed by atoms with van der Waals surface area (Å²) in [7, 11) is 3.21. The van der Waals surface area contributed by atoms with Gasteiger partial charge in [0.2, 0.25) is 0 Å². The lowest BCUT2D eigenvalue weighted by molar-refractivity contribution is 0.142. The third-order valence-corrected chi connectivity index (χ3v) is 5.11. The number of methoxy groups -OCH3 is 2. The molecule has 9 nitrogen and oxygen atoms in total. The third-order valence-electron chi connectivity index (χ3n) is 5.11. The number of anilines is 2. The minimum atomic E-state index is -0.247. The van der Waals surface area contributed by atoms with Gasteiger partial charge in [0.25, 0.3) is 11.4 Å². The molecule has 34 heavy (non-hydrogen) atoms. The minimum Gasteiger partial charge on any atom is -0.494 e. The van der Waals surface area contributed by atoms with Gasteiger partial charge in [0, 0.05) is 31.1 Å². The monoisotopic (exact) mass is 461 g/mol. The summed E-state index contributed by atoms with van der Waals surface area (Å²) in [6.07, 6.45) is 3.65. The zero-order valence-electron chi connectivity index (χ0n) is 19.4. The van der Waals surface area contributed by atoms with Gasteiger partial charge in [0.15, 0.2) is 0 Å². The predicted octanol–water partition coefficient (Wildman–Crippen LogP) is 3.56. The molecular formula is C25H27N5O4. The van der Waals surface area contributed by atoms with Crippen molar-refractivity contribution in [3.05, 3.63) is 88.7 Å². The van der Waals surface area contributed by atoms with Crippen molar-refractivity contribution in [3.8, 4) is 17.3 Å². The second-order valence-electron chi connectivity index (χ2n) is 7.62. The Kier molecular flexibility index (Phi) is 7.24. The van der Waals surface area contributed by atoms with Crippen molar-refractivity contribution in [2.45, 2.75) is 13.5 Å². The molecule has 4 rings (SSSR count). The molecule has 0 radical (unpaired) electrons. The molecule has 176 valence electrons. The maximum Gasteiger partial charge on any atom is 0.269 e. The molecule has 2 heterocycles. The van der Waals surface area contributed by atoms with E-state index in [4.69, 9.17) is 14.2 Å². The molecule has 0 fully saturated rings. The van der Waals surface area contributed by atoms with E-state index in [9.17, 15) is 4.79 Å². The number of hydrogen-bond acceptors (Lipinski definition) is 7. The molecule has 0 atom stereocenters. The van der Waals surface area contributed by atoms with Crippen molar-refractivity contribution in [2.24, 2.45) is 0 Å². The molecule has 2 aromatic heterocycles. The van der Waals surface area contributed by atoms with E-state index in [1.54, 1.807) is 20.5 Å². The molecule has 0 spiro atoms. The number of aromatic nitrogens is 4. The first-order valence-electron chi connectivity index (χ1n) is 10.8. The van der Waals surface area contributed by atoms with Crippen LogP contribution in [0.15, 0.2) is 71.9 Å². The smallest absolute Gasteiger partial charge is 0.269 e. The summed E-state index contributed by atoms with van der Waals surface area (Å²) in [5.41, 5.74) is 3.65. The summed E-state index contributed by atoms with van der Waals surface area (Å²) in [6, 6.07) is 16.8. The maximum absolute atomic E-state index is 12.8. The molecule has 0 saturated carbocycles. The Morgan fingerprint density at radius 3 is 2.56 bits per heavy atom. The molecule has 0 saturated heterocycles. The van der Waals surface area contributed by atoms with Crippen molar-refractivity contribution < 1.29 is 14.2 Å². The maximum atomic E-state index is 12.8. The fourth-order valence-electron chi connectivity index (χ4n) is 3.44. The summed E-state index contributed by atoms with van der Waals surface area (Å²) in [4.78, 5) is 17.1. The Balaban J connectivity index is 1.64. The quantitative estimate of drug-likeness (QED) is 0.361. The Hall–Kier alpha value is -4.11. The average molecular weight is 462 g/mol. The highest BCUT2D eigenvalue weighted by molar-refractivity contribution is 5.67. The standard InChI is InChI=1S/C25H27N5O4/c1-18-15-29(17-26-18)22-10-9-20(13-23(22)33-3)27-21-14-24(31)30(16-19-7-5-4-6-8-19)28-25(21)34-12-11-32-2/h4-10,13-15,17,27H,11-12,16H2,1-3H3. The van der Waals surface area contributed by atoms with Crippen LogP contribution in [0.25, 0.3) is 5.69 Å². The van der Waals surface area contributed by atoms with Crippen LogP contribution in [0.5, 0.6) is 11.6 Å². The molecule has 0 aliphatic rings. The topological polar surface area (TPSA) is 92.4 Å². The number of ether oxygens (including phenoxy) is 3. The summed E-state index contributed by atoms with van der Waals surface area (Å²) >= 11 is 0. The predicted molar refractivity (Wildman–Crippen MR) is 130 cm³/mol. The van der Waals surface area contributed by atoms with Crippen LogP contribution in [-0.2, 0) is 11.3 Å². The van der Waals surface area contributed by atoms with Crippen molar-refractivity contribution in [2.75, 3.05) is 32.8 Å². The highest BCUT2D eigenvalue weighted by Gasteiger charge is 2.14. The second-order valence-corrected chi connectivity index (χ2v) is 7.62. The van der Waals surface area contributed by atoms with Gasteiger partial charge in [-0.1, -0.05) is 30.3 Å². The molecule has 2 aromatic carbocycles. The van der Waals surface area contributed by atoms with Crippen LogP contribution in [0.1, 0.15) is 11.3 Å². The van der Waals surface area contributed by atoms with E-state index in [1.807, 2.05) is 66.2 Å². The molecule has 0 aliphatic heterocycles. The van der Waals surface area contributed by atoms with Crippen LogP contribution in [0, 0.1) is 6.92 Å². The molecule has 9 heteroatoms. The Bertz CT molecular complexity index is 1300. The zero-order chi connectivity index (χ0) is 23.9. The lowest BCUT2D eigenvalue weighted by Gasteiger charge is -2.16. The highest BCUT2D eigenvalue weighted by Crippen LogP contribution is 2.30. The molecule has 0 bridgehead atoms. The molecular weight excluding hydrogens is 434 g/mol. The van der Waals surface area contributed by atoms with E-state index in [0.717, 1.165) is 22.6 Å². The highest BCUT2D eigenvalue weighted by atomic mass is 16.5. The van der Waals surface area contributed by atoms with E-state index in [1.165, 1.54) is 10.7 Å². The summed E-state index contributed by atoms with van der Waals surface area (Å²) in [5, 5.41) is 7.71. The third kappa shape index (κ3) is 5.44. The fraction of sp³-hybridized carbons (Fsp3) is 0.240. The van der Waals surface area contributed by atoms with Gasteiger partial charge in [0.1, 0.15) is 18.0 Å². The lowest BCUT2D eigenvalue weighted by atomic mass is 10.2. The van der Waals surface area contributed by atoms with Gasteiger partial charge < -0.3 is 24.1 Å². The Morgan fingerprint density at radius 1 is 1.03 bits per heavy atom. The van der Waals surface area contributed by atoms with E-state index < -0.39 is 0 Å². The Morgan fingerprint density at radius 2 is 1.85 bits per heavy atom. The minimum absolute atomic E-state index is 0.247. The molecule has 0 amide bonds. The van der Waals surface area contributed by atoms with Gasteiger partial charge in [-0.15, -0.1) is 5.10 Å². The van der Waals surface area contributed by atoms with Crippen molar-refractivity contribution in [1.29, 1.82) is 0 Å². The van der Waals surface area contributed by atoms with Crippen LogP contribution in [0.4, 0.5) is 11.4 Å². The van der Waals surface area contributed by atoms with Gasteiger partial charge in [-0.05, 0) is 24.6 Å². The van der Waals surface area contributed by atoms with Crippen LogP contribution < -0.4 is 20.3 Å². The summed E-state index contributed by atoms with van der Waals surface area (Å²) in [5.74, 6) is 0.954. The van der Waals surface area contributed by atoms with Gasteiger partial charge in [-0.3, -0.25) is 4.79 Å². The molecule has 4 aromatic rings. The van der Waals surface area contributed by atoms with Crippen LogP contribution >= 0.6 is 0 Å². The first kappa shape index (κ1) is 23.1. The van der Waals surface area contributed by atoms with Crippen LogP contribution in [-0.4, -0.2) is 46.8 Å². The van der Waals surface area contributed by atoms with Gasteiger partial charge in [0.05, 0.1) is 38.0 Å². The number of imidazole rings is 1. The SMILES string of the molecule is COCCOc1nn(Cc2ccccc2)c(=O)cc1Nc1ccc(-n2cnc(C)c2)c(OC)c1.